The van der Waals surface area contributed by atoms with Gasteiger partial charge in [-0.05, 0) is 36.0 Å². The number of nitrogens with one attached hydrogen (secondary N) is 1. The predicted molar refractivity (Wildman–Crippen MR) is 73.0 cm³/mol. The van der Waals surface area contributed by atoms with Gasteiger partial charge in [-0.2, -0.15) is 4.98 Å². The summed E-state index contributed by atoms with van der Waals surface area (Å²) in [6.45, 7) is 6.47. The largest absolute Gasteiger partial charge is 0.293 e. The normalized spacial score (nSPS) is 15.7. The third kappa shape index (κ3) is 2.45. The van der Waals surface area contributed by atoms with Gasteiger partial charge in [0.25, 0.3) is 0 Å². The number of aromatic nitrogens is 3. The third-order valence-corrected chi connectivity index (χ3v) is 3.39. The molecule has 1 amide bonds. The molecule has 1 aliphatic carbocycles. The molecule has 0 aliphatic heterocycles. The van der Waals surface area contributed by atoms with Gasteiger partial charge in [0, 0.05) is 12.1 Å². The first kappa shape index (κ1) is 12.1. The van der Waals surface area contributed by atoms with Gasteiger partial charge in [-0.25, -0.2) is 4.52 Å². The first-order valence-corrected chi connectivity index (χ1v) is 6.61. The zero-order chi connectivity index (χ0) is 13.6. The number of carbonyl (C=O) groups is 1. The highest BCUT2D eigenvalue weighted by atomic mass is 16.2. The molecule has 5 heteroatoms. The average molecular weight is 258 g/mol. The van der Waals surface area contributed by atoms with E-state index in [1.165, 1.54) is 5.56 Å². The topological polar surface area (TPSA) is 59.3 Å². The van der Waals surface area contributed by atoms with Crippen molar-refractivity contribution in [2.75, 3.05) is 5.32 Å². The first-order valence-electron chi connectivity index (χ1n) is 6.61. The van der Waals surface area contributed by atoms with Crippen LogP contribution < -0.4 is 5.32 Å². The smallest absolute Gasteiger partial charge is 0.249 e. The minimum absolute atomic E-state index is 0.0342. The Morgan fingerprint density at radius 2 is 2.16 bits per heavy atom. The van der Waals surface area contributed by atoms with E-state index in [0.29, 0.717) is 5.95 Å². The van der Waals surface area contributed by atoms with Crippen molar-refractivity contribution in [1.29, 1.82) is 0 Å². The van der Waals surface area contributed by atoms with Gasteiger partial charge >= 0.3 is 0 Å². The Balaban J connectivity index is 1.89. The summed E-state index contributed by atoms with van der Waals surface area (Å²) in [4.78, 5) is 16.0. The fourth-order valence-corrected chi connectivity index (χ4v) is 1.96. The Labute approximate surface area is 112 Å². The van der Waals surface area contributed by atoms with E-state index >= 15 is 0 Å². The molecular weight excluding hydrogens is 240 g/mol. The zero-order valence-electron chi connectivity index (χ0n) is 11.5. The molecule has 2 aromatic heterocycles. The van der Waals surface area contributed by atoms with Crippen molar-refractivity contribution in [2.24, 2.45) is 5.92 Å². The van der Waals surface area contributed by atoms with Crippen LogP contribution in [-0.2, 0) is 10.2 Å². The molecule has 5 nitrogen and oxygen atoms in total. The van der Waals surface area contributed by atoms with Crippen LogP contribution in [0.5, 0.6) is 0 Å². The molecule has 1 aliphatic rings. The summed E-state index contributed by atoms with van der Waals surface area (Å²) in [5.41, 5.74) is 2.04. The summed E-state index contributed by atoms with van der Waals surface area (Å²) >= 11 is 0. The Hall–Kier alpha value is -1.91. The number of hydrogen-bond donors (Lipinski definition) is 1. The monoisotopic (exact) mass is 258 g/mol. The number of pyridine rings is 1. The maximum Gasteiger partial charge on any atom is 0.249 e. The second kappa shape index (κ2) is 4.05. The van der Waals surface area contributed by atoms with Crippen LogP contribution in [0.3, 0.4) is 0 Å². The lowest BCUT2D eigenvalue weighted by Gasteiger charge is -2.18. The van der Waals surface area contributed by atoms with E-state index in [1.807, 2.05) is 18.3 Å². The minimum atomic E-state index is 0.0342. The molecule has 2 heterocycles. The lowest BCUT2D eigenvalue weighted by molar-refractivity contribution is -0.117. The van der Waals surface area contributed by atoms with Crippen LogP contribution in [0.15, 0.2) is 18.3 Å². The highest BCUT2D eigenvalue weighted by molar-refractivity contribution is 5.92. The van der Waals surface area contributed by atoms with Crippen LogP contribution in [0.25, 0.3) is 5.65 Å². The fraction of sp³-hybridized carbons (Fsp3) is 0.500. The van der Waals surface area contributed by atoms with Crippen molar-refractivity contribution in [1.82, 2.24) is 14.6 Å². The number of rotatable bonds is 2. The molecule has 3 rings (SSSR count). The lowest BCUT2D eigenvalue weighted by Crippen LogP contribution is -2.14. The highest BCUT2D eigenvalue weighted by Crippen LogP contribution is 2.30. The van der Waals surface area contributed by atoms with E-state index < -0.39 is 0 Å². The molecule has 1 N–H and O–H groups in total. The van der Waals surface area contributed by atoms with Gasteiger partial charge in [0.2, 0.25) is 11.9 Å². The second-order valence-electron chi connectivity index (χ2n) is 6.17. The van der Waals surface area contributed by atoms with Gasteiger partial charge in [0.1, 0.15) is 0 Å². The van der Waals surface area contributed by atoms with E-state index in [2.05, 4.69) is 36.2 Å². The van der Waals surface area contributed by atoms with Crippen LogP contribution in [0.4, 0.5) is 5.95 Å². The fourth-order valence-electron chi connectivity index (χ4n) is 1.96. The molecule has 2 aromatic rings. The third-order valence-electron chi connectivity index (χ3n) is 3.39. The quantitative estimate of drug-likeness (QED) is 0.899. The molecule has 100 valence electrons. The molecule has 0 saturated heterocycles. The van der Waals surface area contributed by atoms with Gasteiger partial charge in [-0.1, -0.05) is 20.8 Å². The van der Waals surface area contributed by atoms with E-state index in [1.54, 1.807) is 4.52 Å². The van der Waals surface area contributed by atoms with Crippen molar-refractivity contribution in [3.05, 3.63) is 23.9 Å². The first-order chi connectivity index (χ1) is 8.93. The maximum atomic E-state index is 11.7. The molecule has 0 spiro atoms. The molecule has 0 bridgehead atoms. The van der Waals surface area contributed by atoms with E-state index in [4.69, 9.17) is 0 Å². The number of anilines is 1. The van der Waals surface area contributed by atoms with Gasteiger partial charge in [-0.15, -0.1) is 5.10 Å². The van der Waals surface area contributed by atoms with E-state index in [9.17, 15) is 4.79 Å². The van der Waals surface area contributed by atoms with Crippen LogP contribution in [0, 0.1) is 5.92 Å². The van der Waals surface area contributed by atoms with Crippen LogP contribution >= 0.6 is 0 Å². The van der Waals surface area contributed by atoms with Crippen LogP contribution in [-0.4, -0.2) is 20.5 Å². The second-order valence-corrected chi connectivity index (χ2v) is 6.17. The molecule has 0 aromatic carbocycles. The summed E-state index contributed by atoms with van der Waals surface area (Å²) in [5, 5.41) is 7.03. The number of amides is 1. The van der Waals surface area contributed by atoms with Crippen LogP contribution in [0.1, 0.15) is 39.2 Å². The maximum absolute atomic E-state index is 11.7. The standard InChI is InChI=1S/C14H18N4O/c1-14(2,3)10-6-7-18-11(8-10)15-13(17-18)16-12(19)9-4-5-9/h6-9H,4-5H2,1-3H3,(H,16,17,19). The Morgan fingerprint density at radius 1 is 1.42 bits per heavy atom. The van der Waals surface area contributed by atoms with E-state index in [-0.39, 0.29) is 17.2 Å². The summed E-state index contributed by atoms with van der Waals surface area (Å²) < 4.78 is 1.69. The highest BCUT2D eigenvalue weighted by Gasteiger charge is 2.30. The van der Waals surface area contributed by atoms with Crippen molar-refractivity contribution in [3.63, 3.8) is 0 Å². The number of fused-ring (bicyclic) bond motifs is 1. The van der Waals surface area contributed by atoms with Crippen LogP contribution in [0.2, 0.25) is 0 Å². The Kier molecular flexibility index (Phi) is 2.59. The van der Waals surface area contributed by atoms with Gasteiger partial charge in [-0.3, -0.25) is 10.1 Å². The minimum Gasteiger partial charge on any atom is -0.293 e. The predicted octanol–water partition coefficient (Wildman–Crippen LogP) is 2.38. The zero-order valence-corrected chi connectivity index (χ0v) is 11.5. The molecule has 0 radical (unpaired) electrons. The summed E-state index contributed by atoms with van der Waals surface area (Å²) in [6.07, 6.45) is 3.84. The number of nitrogens with zero attached hydrogens (tertiary/aromatic N) is 3. The van der Waals surface area contributed by atoms with E-state index in [0.717, 1.165) is 18.5 Å². The SMILES string of the molecule is CC(C)(C)c1ccn2nc(NC(=O)C3CC3)nc2c1. The van der Waals surface area contributed by atoms with Gasteiger partial charge in [0.15, 0.2) is 5.65 Å². The Bertz CT molecular complexity index is 634. The molecule has 0 unspecified atom stereocenters. The Morgan fingerprint density at radius 3 is 2.79 bits per heavy atom. The molecule has 19 heavy (non-hydrogen) atoms. The van der Waals surface area contributed by atoms with Gasteiger partial charge < -0.3 is 0 Å². The van der Waals surface area contributed by atoms with Crippen molar-refractivity contribution < 1.29 is 4.79 Å². The lowest BCUT2D eigenvalue weighted by atomic mass is 9.88. The molecule has 0 atom stereocenters. The summed E-state index contributed by atoms with van der Waals surface area (Å²) in [5.74, 6) is 0.589. The summed E-state index contributed by atoms with van der Waals surface area (Å²) in [7, 11) is 0. The van der Waals surface area contributed by atoms with Crippen molar-refractivity contribution in [3.8, 4) is 0 Å². The number of hydrogen-bond acceptors (Lipinski definition) is 3. The number of carbonyl (C=O) groups excluding carboxylic acids is 1. The molecule has 1 saturated carbocycles. The van der Waals surface area contributed by atoms with Crippen molar-refractivity contribution in [2.45, 2.75) is 39.0 Å². The summed E-state index contributed by atoms with van der Waals surface area (Å²) in [6, 6.07) is 4.05. The molecule has 1 fully saturated rings. The molecular formula is C14H18N4O. The van der Waals surface area contributed by atoms with Crippen molar-refractivity contribution >= 4 is 17.5 Å². The van der Waals surface area contributed by atoms with Gasteiger partial charge in [0.05, 0.1) is 0 Å². The average Bonchev–Trinajstić information content (AvgIpc) is 3.08.